The molecule has 0 aromatic heterocycles. The van der Waals surface area contributed by atoms with E-state index < -0.39 is 18.1 Å². The van der Waals surface area contributed by atoms with Crippen molar-refractivity contribution in [1.29, 1.82) is 0 Å². The number of ether oxygens (including phenoxy) is 2. The molecule has 118 valence electrons. The number of amides is 1. The second-order valence-corrected chi connectivity index (χ2v) is 4.65. The minimum absolute atomic E-state index is 0.231. The number of hydrogen-bond acceptors (Lipinski definition) is 4. The van der Waals surface area contributed by atoms with Gasteiger partial charge in [0.2, 0.25) is 0 Å². The maximum Gasteiger partial charge on any atom is 0.407 e. The van der Waals surface area contributed by atoms with E-state index in [1.165, 1.54) is 7.11 Å². The lowest BCUT2D eigenvalue weighted by molar-refractivity contribution is -0.141. The first-order chi connectivity index (χ1) is 10.7. The number of nitrogens with zero attached hydrogens (tertiary/aromatic N) is 1. The number of nitrogens with one attached hydrogen (secondary N) is 1. The highest BCUT2D eigenvalue weighted by Gasteiger charge is 2.23. The highest BCUT2D eigenvalue weighted by atomic mass is 16.5. The number of hydrogen-bond donors (Lipinski definition) is 1. The van der Waals surface area contributed by atoms with E-state index in [9.17, 15) is 9.59 Å². The smallest absolute Gasteiger partial charge is 0.407 e. The van der Waals surface area contributed by atoms with E-state index in [4.69, 9.17) is 11.3 Å². The van der Waals surface area contributed by atoms with Crippen molar-refractivity contribution in [3.8, 4) is 0 Å². The number of carbonyl (C=O) groups excluding carboxylic acids is 2. The SMILES string of the molecule is [C-]#[N+]C(CCCCNC(=O)OCc1ccccc1)C(=O)OC. The molecule has 6 heteroatoms. The summed E-state index contributed by atoms with van der Waals surface area (Å²) < 4.78 is 9.59. The van der Waals surface area contributed by atoms with E-state index in [-0.39, 0.29) is 6.61 Å². The minimum Gasteiger partial charge on any atom is -0.463 e. The molecule has 0 fully saturated rings. The summed E-state index contributed by atoms with van der Waals surface area (Å²) in [6.45, 7) is 7.59. The lowest BCUT2D eigenvalue weighted by atomic mass is 10.1. The number of unbranched alkanes of at least 4 members (excludes halogenated alkanes) is 1. The minimum atomic E-state index is -0.755. The van der Waals surface area contributed by atoms with Crippen LogP contribution in [0, 0.1) is 6.57 Å². The van der Waals surface area contributed by atoms with Crippen LogP contribution in [0.5, 0.6) is 0 Å². The summed E-state index contributed by atoms with van der Waals surface area (Å²) in [6, 6.07) is 8.66. The molecule has 0 heterocycles. The summed E-state index contributed by atoms with van der Waals surface area (Å²) in [4.78, 5) is 25.9. The third-order valence-electron chi connectivity index (χ3n) is 3.02. The molecule has 1 aromatic rings. The van der Waals surface area contributed by atoms with Crippen molar-refractivity contribution >= 4 is 12.1 Å². The van der Waals surface area contributed by atoms with Gasteiger partial charge in [0, 0.05) is 13.0 Å². The van der Waals surface area contributed by atoms with Gasteiger partial charge in [0.1, 0.15) is 6.61 Å². The first-order valence-electron chi connectivity index (χ1n) is 7.06. The molecule has 1 rings (SSSR count). The molecule has 6 nitrogen and oxygen atoms in total. The largest absolute Gasteiger partial charge is 0.463 e. The van der Waals surface area contributed by atoms with Gasteiger partial charge in [-0.15, -0.1) is 0 Å². The van der Waals surface area contributed by atoms with Gasteiger partial charge in [-0.3, -0.25) is 0 Å². The van der Waals surface area contributed by atoms with Crippen molar-refractivity contribution in [2.45, 2.75) is 31.9 Å². The van der Waals surface area contributed by atoms with Gasteiger partial charge >= 0.3 is 18.1 Å². The van der Waals surface area contributed by atoms with Crippen LogP contribution >= 0.6 is 0 Å². The number of alkyl carbamates (subject to hydrolysis) is 1. The number of rotatable bonds is 8. The Bertz CT molecular complexity index is 511. The zero-order valence-corrected chi connectivity index (χ0v) is 12.6. The topological polar surface area (TPSA) is 69.0 Å². The van der Waals surface area contributed by atoms with E-state index in [0.29, 0.717) is 25.8 Å². The van der Waals surface area contributed by atoms with Crippen LogP contribution in [-0.4, -0.2) is 31.8 Å². The van der Waals surface area contributed by atoms with Gasteiger partial charge in [-0.25, -0.2) is 16.2 Å². The van der Waals surface area contributed by atoms with E-state index in [0.717, 1.165) is 5.56 Å². The average Bonchev–Trinajstić information content (AvgIpc) is 2.56. The van der Waals surface area contributed by atoms with Crippen LogP contribution in [0.25, 0.3) is 4.85 Å². The summed E-state index contributed by atoms with van der Waals surface area (Å²) >= 11 is 0. The van der Waals surface area contributed by atoms with Gasteiger partial charge in [-0.05, 0) is 18.4 Å². The van der Waals surface area contributed by atoms with E-state index in [1.54, 1.807) is 0 Å². The molecule has 0 saturated carbocycles. The Labute approximate surface area is 130 Å². The second kappa shape index (κ2) is 10.2. The molecule has 22 heavy (non-hydrogen) atoms. The van der Waals surface area contributed by atoms with Gasteiger partial charge in [0.05, 0.1) is 7.11 Å². The molecule has 0 saturated heterocycles. The van der Waals surface area contributed by atoms with Crippen LogP contribution in [-0.2, 0) is 20.9 Å². The quantitative estimate of drug-likeness (QED) is 0.455. The summed E-state index contributed by atoms with van der Waals surface area (Å²) in [5.41, 5.74) is 0.927. The van der Waals surface area contributed by atoms with Crippen molar-refractivity contribution in [3.05, 3.63) is 47.3 Å². The summed E-state index contributed by atoms with van der Waals surface area (Å²) in [7, 11) is 1.27. The fourth-order valence-corrected chi connectivity index (χ4v) is 1.80. The van der Waals surface area contributed by atoms with Gasteiger partial charge in [0.15, 0.2) is 0 Å². The standard InChI is InChI=1S/C16H20N2O4/c1-17-14(15(19)21-2)10-6-7-11-18-16(20)22-12-13-8-4-3-5-9-13/h3-5,8-9,14H,6-7,10-12H2,2H3,(H,18,20). The monoisotopic (exact) mass is 304 g/mol. The lowest BCUT2D eigenvalue weighted by Crippen LogP contribution is -2.25. The number of benzene rings is 1. The Hall–Kier alpha value is -2.55. The molecule has 1 N–H and O–H groups in total. The fraction of sp³-hybridized carbons (Fsp3) is 0.438. The molecule has 0 bridgehead atoms. The van der Waals surface area contributed by atoms with Crippen LogP contribution in [0.15, 0.2) is 30.3 Å². The third-order valence-corrected chi connectivity index (χ3v) is 3.02. The maximum absolute atomic E-state index is 11.5. The van der Waals surface area contributed by atoms with Crippen LogP contribution in [0.2, 0.25) is 0 Å². The Morgan fingerprint density at radius 1 is 1.27 bits per heavy atom. The van der Waals surface area contributed by atoms with Crippen molar-refractivity contribution in [2.75, 3.05) is 13.7 Å². The molecule has 1 unspecified atom stereocenters. The Morgan fingerprint density at radius 2 is 2.00 bits per heavy atom. The van der Waals surface area contributed by atoms with Gasteiger partial charge in [-0.1, -0.05) is 30.3 Å². The van der Waals surface area contributed by atoms with Gasteiger partial charge in [0.25, 0.3) is 0 Å². The Morgan fingerprint density at radius 3 is 2.64 bits per heavy atom. The Kier molecular flexibility index (Phi) is 8.13. The lowest BCUT2D eigenvalue weighted by Gasteiger charge is -2.07. The van der Waals surface area contributed by atoms with Crippen LogP contribution in [0.4, 0.5) is 4.79 Å². The summed E-state index contributed by atoms with van der Waals surface area (Å²) in [5, 5.41) is 2.63. The molecule has 0 aliphatic rings. The molecule has 0 spiro atoms. The number of esters is 1. The predicted octanol–water partition coefficient (Wildman–Crippen LogP) is 2.54. The highest BCUT2D eigenvalue weighted by molar-refractivity contribution is 5.77. The van der Waals surface area contributed by atoms with Crippen LogP contribution in [0.1, 0.15) is 24.8 Å². The molecule has 1 aromatic carbocycles. The van der Waals surface area contributed by atoms with Crippen molar-refractivity contribution in [3.63, 3.8) is 0 Å². The second-order valence-electron chi connectivity index (χ2n) is 4.65. The first-order valence-corrected chi connectivity index (χ1v) is 7.06. The molecule has 1 amide bonds. The first kappa shape index (κ1) is 17.5. The summed E-state index contributed by atoms with van der Waals surface area (Å²) in [6.07, 6.45) is 1.28. The van der Waals surface area contributed by atoms with Gasteiger partial charge < -0.3 is 19.6 Å². The highest BCUT2D eigenvalue weighted by Crippen LogP contribution is 2.06. The number of methoxy groups -OCH3 is 1. The van der Waals surface area contributed by atoms with Crippen molar-refractivity contribution < 1.29 is 19.1 Å². The number of carbonyl (C=O) groups is 2. The predicted molar refractivity (Wildman–Crippen MR) is 80.9 cm³/mol. The van der Waals surface area contributed by atoms with Crippen molar-refractivity contribution in [1.82, 2.24) is 5.32 Å². The normalized spacial score (nSPS) is 11.1. The average molecular weight is 304 g/mol. The van der Waals surface area contributed by atoms with Crippen LogP contribution in [0.3, 0.4) is 0 Å². The van der Waals surface area contributed by atoms with Crippen LogP contribution < -0.4 is 5.32 Å². The molecular formula is C16H20N2O4. The maximum atomic E-state index is 11.5. The Balaban J connectivity index is 2.10. The third kappa shape index (κ3) is 6.75. The fourth-order valence-electron chi connectivity index (χ4n) is 1.80. The molecule has 0 aliphatic heterocycles. The summed E-state index contributed by atoms with van der Waals surface area (Å²) in [5.74, 6) is -0.509. The molecule has 1 atom stereocenters. The van der Waals surface area contributed by atoms with E-state index in [2.05, 4.69) is 14.9 Å². The van der Waals surface area contributed by atoms with Crippen molar-refractivity contribution in [2.24, 2.45) is 0 Å². The molecule has 0 radical (unpaired) electrons. The molecule has 0 aliphatic carbocycles. The van der Waals surface area contributed by atoms with E-state index >= 15 is 0 Å². The molecular weight excluding hydrogens is 284 g/mol. The zero-order chi connectivity index (χ0) is 16.2. The van der Waals surface area contributed by atoms with Gasteiger partial charge in [-0.2, -0.15) is 0 Å². The zero-order valence-electron chi connectivity index (χ0n) is 12.6. The van der Waals surface area contributed by atoms with E-state index in [1.807, 2.05) is 30.3 Å².